The van der Waals surface area contributed by atoms with Gasteiger partial charge in [-0.2, -0.15) is 0 Å². The third kappa shape index (κ3) is 5.31. The number of morpholine rings is 1. The Labute approximate surface area is 159 Å². The number of cyclic esters (lactones) is 1. The van der Waals surface area contributed by atoms with Crippen molar-refractivity contribution in [3.8, 4) is 5.75 Å². The van der Waals surface area contributed by atoms with Crippen molar-refractivity contribution in [3.63, 3.8) is 0 Å². The van der Waals surface area contributed by atoms with Gasteiger partial charge in [0.1, 0.15) is 18.4 Å². The number of nitrogens with zero attached hydrogens (tertiary/aromatic N) is 1. The molecule has 142 valence electrons. The van der Waals surface area contributed by atoms with Crippen LogP contribution in [0.5, 0.6) is 5.75 Å². The molecule has 0 radical (unpaired) electrons. The molecule has 0 aromatic heterocycles. The van der Waals surface area contributed by atoms with Gasteiger partial charge in [0.2, 0.25) is 5.91 Å². The van der Waals surface area contributed by atoms with Crippen LogP contribution in [0.25, 0.3) is 0 Å². The van der Waals surface area contributed by atoms with E-state index in [2.05, 4.69) is 5.32 Å². The molecule has 0 aliphatic carbocycles. The number of hydrogen-bond donors (Lipinski definition) is 1. The molecule has 1 fully saturated rings. The normalized spacial score (nSPS) is 17.2. The number of amides is 1. The second kappa shape index (κ2) is 9.19. The highest BCUT2D eigenvalue weighted by molar-refractivity contribution is 5.94. The monoisotopic (exact) mass is 368 g/mol. The third-order valence-electron chi connectivity index (χ3n) is 4.39. The summed E-state index contributed by atoms with van der Waals surface area (Å²) in [6, 6.07) is 16.5. The summed E-state index contributed by atoms with van der Waals surface area (Å²) in [4.78, 5) is 26.7. The van der Waals surface area contributed by atoms with Crippen LogP contribution < -0.4 is 10.1 Å². The topological polar surface area (TPSA) is 67.9 Å². The van der Waals surface area contributed by atoms with Crippen LogP contribution in [0.1, 0.15) is 18.9 Å². The summed E-state index contributed by atoms with van der Waals surface area (Å²) in [6.45, 7) is 4.08. The number of ether oxygens (including phenoxy) is 2. The molecule has 27 heavy (non-hydrogen) atoms. The highest BCUT2D eigenvalue weighted by atomic mass is 16.5. The predicted molar refractivity (Wildman–Crippen MR) is 102 cm³/mol. The van der Waals surface area contributed by atoms with E-state index in [-0.39, 0.29) is 18.3 Å². The summed E-state index contributed by atoms with van der Waals surface area (Å²) in [7, 11) is 0. The molecule has 6 heteroatoms. The summed E-state index contributed by atoms with van der Waals surface area (Å²) in [5, 5.41) is 2.83. The molecule has 1 heterocycles. The summed E-state index contributed by atoms with van der Waals surface area (Å²) >= 11 is 0. The number of benzene rings is 2. The summed E-state index contributed by atoms with van der Waals surface area (Å²) < 4.78 is 10.6. The van der Waals surface area contributed by atoms with E-state index in [0.29, 0.717) is 32.0 Å². The molecule has 1 atom stereocenters. The zero-order chi connectivity index (χ0) is 19.1. The number of carbonyl (C=O) groups excluding carboxylic acids is 2. The van der Waals surface area contributed by atoms with Crippen LogP contribution in [-0.2, 0) is 20.9 Å². The van der Waals surface area contributed by atoms with E-state index in [1.807, 2.05) is 42.2 Å². The van der Waals surface area contributed by atoms with Gasteiger partial charge in [-0.05, 0) is 36.8 Å². The van der Waals surface area contributed by atoms with Crippen molar-refractivity contribution in [2.24, 2.45) is 0 Å². The molecular weight excluding hydrogens is 344 g/mol. The number of hydrogen-bond acceptors (Lipinski definition) is 5. The fourth-order valence-electron chi connectivity index (χ4n) is 3.07. The third-order valence-corrected chi connectivity index (χ3v) is 4.39. The Morgan fingerprint density at radius 1 is 1.19 bits per heavy atom. The van der Waals surface area contributed by atoms with Gasteiger partial charge in [-0.3, -0.25) is 14.5 Å². The molecule has 3 rings (SSSR count). The van der Waals surface area contributed by atoms with Crippen molar-refractivity contribution >= 4 is 17.6 Å². The molecule has 1 amide bonds. The molecule has 6 nitrogen and oxygen atoms in total. The molecule has 1 aliphatic rings. The lowest BCUT2D eigenvalue weighted by atomic mass is 10.1. The van der Waals surface area contributed by atoms with Crippen molar-refractivity contribution in [1.82, 2.24) is 4.90 Å². The van der Waals surface area contributed by atoms with Gasteiger partial charge >= 0.3 is 5.97 Å². The Morgan fingerprint density at radius 3 is 2.63 bits per heavy atom. The van der Waals surface area contributed by atoms with Crippen LogP contribution in [0.2, 0.25) is 0 Å². The quantitative estimate of drug-likeness (QED) is 0.761. The van der Waals surface area contributed by atoms with E-state index < -0.39 is 6.04 Å². The molecule has 0 spiro atoms. The lowest BCUT2D eigenvalue weighted by Crippen LogP contribution is -2.49. The van der Waals surface area contributed by atoms with Gasteiger partial charge in [-0.25, -0.2) is 0 Å². The minimum Gasteiger partial charge on any atom is -0.494 e. The average Bonchev–Trinajstić information content (AvgIpc) is 2.67. The van der Waals surface area contributed by atoms with E-state index in [1.54, 1.807) is 24.3 Å². The van der Waals surface area contributed by atoms with Gasteiger partial charge < -0.3 is 14.8 Å². The number of esters is 1. The first-order chi connectivity index (χ1) is 13.2. The van der Waals surface area contributed by atoms with Crippen LogP contribution in [0.15, 0.2) is 54.6 Å². The number of carbonyl (C=O) groups is 2. The SMILES string of the molecule is CCOc1ccc(NC(=O)C[C@H]2C(=O)OCCN2Cc2ccccc2)cc1. The Kier molecular flexibility index (Phi) is 6.44. The zero-order valence-electron chi connectivity index (χ0n) is 15.4. The van der Waals surface area contributed by atoms with Crippen molar-refractivity contribution in [1.29, 1.82) is 0 Å². The highest BCUT2D eigenvalue weighted by Gasteiger charge is 2.33. The largest absolute Gasteiger partial charge is 0.494 e. The molecular formula is C21H24N2O4. The Morgan fingerprint density at radius 2 is 1.93 bits per heavy atom. The molecule has 2 aromatic rings. The first kappa shape index (κ1) is 18.9. The summed E-state index contributed by atoms with van der Waals surface area (Å²) in [6.07, 6.45) is 0.0544. The number of rotatable bonds is 7. The highest BCUT2D eigenvalue weighted by Crippen LogP contribution is 2.19. The Bertz CT molecular complexity index is 762. The first-order valence-corrected chi connectivity index (χ1v) is 9.13. The van der Waals surface area contributed by atoms with Gasteiger partial charge in [0.15, 0.2) is 0 Å². The van der Waals surface area contributed by atoms with Gasteiger partial charge in [0.05, 0.1) is 13.0 Å². The average molecular weight is 368 g/mol. The van der Waals surface area contributed by atoms with Gasteiger partial charge in [-0.1, -0.05) is 30.3 Å². The first-order valence-electron chi connectivity index (χ1n) is 9.13. The van der Waals surface area contributed by atoms with E-state index in [9.17, 15) is 9.59 Å². The summed E-state index contributed by atoms with van der Waals surface area (Å²) in [5.41, 5.74) is 1.77. The minimum atomic E-state index is -0.582. The van der Waals surface area contributed by atoms with E-state index >= 15 is 0 Å². The maximum absolute atomic E-state index is 12.5. The smallest absolute Gasteiger partial charge is 0.323 e. The molecule has 1 aliphatic heterocycles. The lowest BCUT2D eigenvalue weighted by Gasteiger charge is -2.33. The molecule has 1 saturated heterocycles. The van der Waals surface area contributed by atoms with Crippen LogP contribution in [0.4, 0.5) is 5.69 Å². The van der Waals surface area contributed by atoms with E-state index in [1.165, 1.54) is 0 Å². The van der Waals surface area contributed by atoms with Crippen LogP contribution in [-0.4, -0.2) is 42.6 Å². The fraction of sp³-hybridized carbons (Fsp3) is 0.333. The predicted octanol–water partition coefficient (Wildman–Crippen LogP) is 2.84. The van der Waals surface area contributed by atoms with Crippen LogP contribution >= 0.6 is 0 Å². The zero-order valence-corrected chi connectivity index (χ0v) is 15.4. The van der Waals surface area contributed by atoms with E-state index in [0.717, 1.165) is 11.3 Å². The molecule has 0 unspecified atom stereocenters. The summed E-state index contributed by atoms with van der Waals surface area (Å²) in [5.74, 6) is 0.181. The standard InChI is InChI=1S/C21H24N2O4/c1-2-26-18-10-8-17(9-11-18)22-20(24)14-19-21(25)27-13-12-23(19)15-16-6-4-3-5-7-16/h3-11,19H,2,12-15H2,1H3,(H,22,24)/t19-/m0/s1. The van der Waals surface area contributed by atoms with Crippen molar-refractivity contribution in [2.45, 2.75) is 25.9 Å². The second-order valence-electron chi connectivity index (χ2n) is 6.35. The van der Waals surface area contributed by atoms with Gasteiger partial charge in [0, 0.05) is 18.8 Å². The Hall–Kier alpha value is -2.86. The van der Waals surface area contributed by atoms with Crippen LogP contribution in [0.3, 0.4) is 0 Å². The molecule has 2 aromatic carbocycles. The number of nitrogens with one attached hydrogen (secondary N) is 1. The maximum Gasteiger partial charge on any atom is 0.323 e. The lowest BCUT2D eigenvalue weighted by molar-refractivity contribution is -0.159. The minimum absolute atomic E-state index is 0.0544. The second-order valence-corrected chi connectivity index (χ2v) is 6.35. The molecule has 1 N–H and O–H groups in total. The van der Waals surface area contributed by atoms with Crippen LogP contribution in [0, 0.1) is 0 Å². The van der Waals surface area contributed by atoms with Gasteiger partial charge in [0.25, 0.3) is 0 Å². The Balaban J connectivity index is 1.61. The van der Waals surface area contributed by atoms with Gasteiger partial charge in [-0.15, -0.1) is 0 Å². The maximum atomic E-state index is 12.5. The van der Waals surface area contributed by atoms with Crippen molar-refractivity contribution in [3.05, 3.63) is 60.2 Å². The molecule has 0 saturated carbocycles. The molecule has 0 bridgehead atoms. The fourth-order valence-corrected chi connectivity index (χ4v) is 3.07. The van der Waals surface area contributed by atoms with Crippen molar-refractivity contribution in [2.75, 3.05) is 25.1 Å². The van der Waals surface area contributed by atoms with E-state index in [4.69, 9.17) is 9.47 Å². The van der Waals surface area contributed by atoms with Crippen molar-refractivity contribution < 1.29 is 19.1 Å². The number of anilines is 1.